The molecule has 0 aliphatic carbocycles. The maximum atomic E-state index is 13.1. The summed E-state index contributed by atoms with van der Waals surface area (Å²) < 4.78 is 25.9. The first-order valence-corrected chi connectivity index (χ1v) is 8.13. The lowest BCUT2D eigenvalue weighted by molar-refractivity contribution is -0.118. The van der Waals surface area contributed by atoms with Gasteiger partial charge in [0.05, 0.1) is 5.75 Å². The molecule has 2 aromatic carbocycles. The van der Waals surface area contributed by atoms with Gasteiger partial charge in [0.2, 0.25) is 5.91 Å². The molecule has 0 unspecified atom stereocenters. The molecule has 2 N–H and O–H groups in total. The Bertz CT molecular complexity index is 736. The summed E-state index contributed by atoms with van der Waals surface area (Å²) >= 11 is 1.12. The number of halogens is 2. The van der Waals surface area contributed by atoms with Gasteiger partial charge in [0.1, 0.15) is 0 Å². The Labute approximate surface area is 142 Å². The van der Waals surface area contributed by atoms with Crippen LogP contribution < -0.4 is 10.6 Å². The number of benzene rings is 2. The molecule has 2 rings (SSSR count). The normalized spacial score (nSPS) is 10.3. The summed E-state index contributed by atoms with van der Waals surface area (Å²) in [5.41, 5.74) is 1.40. The van der Waals surface area contributed by atoms with E-state index < -0.39 is 11.6 Å². The molecule has 0 heterocycles. The summed E-state index contributed by atoms with van der Waals surface area (Å²) in [5.74, 6) is -2.14. The van der Waals surface area contributed by atoms with Crippen molar-refractivity contribution in [3.05, 3.63) is 65.2 Å². The molecule has 0 atom stereocenters. The fourth-order valence-corrected chi connectivity index (χ4v) is 2.64. The van der Waals surface area contributed by atoms with Crippen molar-refractivity contribution in [1.29, 1.82) is 0 Å². The van der Waals surface area contributed by atoms with E-state index in [4.69, 9.17) is 0 Å². The topological polar surface area (TPSA) is 58.2 Å². The minimum absolute atomic E-state index is 0.0986. The van der Waals surface area contributed by atoms with Crippen molar-refractivity contribution in [2.24, 2.45) is 0 Å². The Morgan fingerprint density at radius 1 is 1.04 bits per heavy atom. The third kappa shape index (κ3) is 5.06. The van der Waals surface area contributed by atoms with Crippen LogP contribution in [-0.2, 0) is 11.3 Å². The zero-order valence-electron chi connectivity index (χ0n) is 12.9. The lowest BCUT2D eigenvalue weighted by atomic mass is 10.1. The van der Waals surface area contributed by atoms with Crippen LogP contribution in [0.15, 0.2) is 47.4 Å². The first kappa shape index (κ1) is 17.9. The number of nitrogens with one attached hydrogen (secondary N) is 2. The van der Waals surface area contributed by atoms with Gasteiger partial charge in [0, 0.05) is 24.1 Å². The number of rotatable bonds is 6. The summed E-state index contributed by atoms with van der Waals surface area (Å²) in [5, 5.41) is 5.26. The molecule has 0 aromatic heterocycles. The van der Waals surface area contributed by atoms with E-state index in [1.807, 2.05) is 0 Å². The molecule has 24 heavy (non-hydrogen) atoms. The van der Waals surface area contributed by atoms with Gasteiger partial charge in [-0.2, -0.15) is 0 Å². The highest BCUT2D eigenvalue weighted by molar-refractivity contribution is 8.00. The van der Waals surface area contributed by atoms with Crippen LogP contribution >= 0.6 is 11.8 Å². The zero-order chi connectivity index (χ0) is 17.5. The van der Waals surface area contributed by atoms with Crippen LogP contribution in [0.2, 0.25) is 0 Å². The van der Waals surface area contributed by atoms with Crippen LogP contribution in [0, 0.1) is 11.6 Å². The van der Waals surface area contributed by atoms with E-state index in [1.54, 1.807) is 31.3 Å². The predicted molar refractivity (Wildman–Crippen MR) is 88.8 cm³/mol. The van der Waals surface area contributed by atoms with Crippen LogP contribution in [0.5, 0.6) is 0 Å². The zero-order valence-corrected chi connectivity index (χ0v) is 13.8. The average molecular weight is 350 g/mol. The molecule has 4 nitrogen and oxygen atoms in total. The van der Waals surface area contributed by atoms with Gasteiger partial charge in [-0.25, -0.2) is 8.78 Å². The van der Waals surface area contributed by atoms with Gasteiger partial charge in [-0.3, -0.25) is 9.59 Å². The molecular weight excluding hydrogens is 334 g/mol. The summed E-state index contributed by atoms with van der Waals surface area (Å²) in [7, 11) is 1.56. The van der Waals surface area contributed by atoms with Crippen molar-refractivity contribution in [2.75, 3.05) is 12.8 Å². The molecule has 0 bridgehead atoms. The molecule has 0 saturated heterocycles. The van der Waals surface area contributed by atoms with Gasteiger partial charge in [0.25, 0.3) is 5.91 Å². The molecule has 0 spiro atoms. The third-order valence-electron chi connectivity index (χ3n) is 3.19. The molecule has 0 aliphatic heterocycles. The van der Waals surface area contributed by atoms with E-state index in [2.05, 4.69) is 10.6 Å². The second kappa shape index (κ2) is 8.44. The van der Waals surface area contributed by atoms with Crippen molar-refractivity contribution in [2.45, 2.75) is 11.4 Å². The summed E-state index contributed by atoms with van der Waals surface area (Å²) in [4.78, 5) is 23.7. The highest BCUT2D eigenvalue weighted by Crippen LogP contribution is 2.20. The van der Waals surface area contributed by atoms with Crippen molar-refractivity contribution in [1.82, 2.24) is 10.6 Å². The largest absolute Gasteiger partial charge is 0.355 e. The third-order valence-corrected chi connectivity index (χ3v) is 4.19. The van der Waals surface area contributed by atoms with Gasteiger partial charge in [-0.15, -0.1) is 11.8 Å². The Morgan fingerprint density at radius 3 is 2.38 bits per heavy atom. The van der Waals surface area contributed by atoms with Crippen LogP contribution in [0.3, 0.4) is 0 Å². The fraction of sp³-hybridized carbons (Fsp3) is 0.176. The smallest absolute Gasteiger partial charge is 0.251 e. The lowest BCUT2D eigenvalue weighted by Gasteiger charge is -2.07. The van der Waals surface area contributed by atoms with Crippen molar-refractivity contribution in [3.63, 3.8) is 0 Å². The van der Waals surface area contributed by atoms with Crippen molar-refractivity contribution >= 4 is 23.6 Å². The fourth-order valence-electron chi connectivity index (χ4n) is 1.89. The van der Waals surface area contributed by atoms with Crippen molar-refractivity contribution in [3.8, 4) is 0 Å². The van der Waals surface area contributed by atoms with Crippen LogP contribution in [0.1, 0.15) is 15.9 Å². The molecule has 0 fully saturated rings. The molecule has 7 heteroatoms. The molecule has 126 valence electrons. The minimum Gasteiger partial charge on any atom is -0.355 e. The van der Waals surface area contributed by atoms with E-state index in [0.29, 0.717) is 17.0 Å². The van der Waals surface area contributed by atoms with Gasteiger partial charge in [-0.05, 0) is 35.9 Å². The van der Waals surface area contributed by atoms with E-state index in [0.717, 1.165) is 29.5 Å². The van der Waals surface area contributed by atoms with E-state index in [-0.39, 0.29) is 17.6 Å². The van der Waals surface area contributed by atoms with E-state index in [1.165, 1.54) is 6.07 Å². The predicted octanol–water partition coefficient (Wildman–Crippen LogP) is 2.73. The second-order valence-electron chi connectivity index (χ2n) is 4.92. The standard InChI is InChI=1S/C17H16F2N2O2S/c1-20-17(23)12-4-2-11(3-5-12)9-21-16(22)10-24-13-6-7-14(18)15(19)8-13/h2-8H,9-10H2,1H3,(H,20,23)(H,21,22). The SMILES string of the molecule is CNC(=O)c1ccc(CNC(=O)CSc2ccc(F)c(F)c2)cc1. The maximum Gasteiger partial charge on any atom is 0.251 e. The Hall–Kier alpha value is -2.41. The van der Waals surface area contributed by atoms with Crippen LogP contribution in [0.4, 0.5) is 8.78 Å². The van der Waals surface area contributed by atoms with Crippen molar-refractivity contribution < 1.29 is 18.4 Å². The van der Waals surface area contributed by atoms with E-state index in [9.17, 15) is 18.4 Å². The van der Waals surface area contributed by atoms with Crippen LogP contribution in [-0.4, -0.2) is 24.6 Å². The molecule has 0 saturated carbocycles. The summed E-state index contributed by atoms with van der Waals surface area (Å²) in [6.45, 7) is 0.325. The number of hydrogen-bond donors (Lipinski definition) is 2. The molecule has 0 radical (unpaired) electrons. The Balaban J connectivity index is 1.80. The Morgan fingerprint density at radius 2 is 1.75 bits per heavy atom. The minimum atomic E-state index is -0.934. The van der Waals surface area contributed by atoms with Gasteiger partial charge in [0.15, 0.2) is 11.6 Å². The molecule has 0 aliphatic rings. The number of carbonyl (C=O) groups excluding carboxylic acids is 2. The van der Waals surface area contributed by atoms with E-state index >= 15 is 0 Å². The quantitative estimate of drug-likeness (QED) is 0.788. The monoisotopic (exact) mass is 350 g/mol. The first-order valence-electron chi connectivity index (χ1n) is 7.15. The number of thioether (sulfide) groups is 1. The maximum absolute atomic E-state index is 13.1. The summed E-state index contributed by atoms with van der Waals surface area (Å²) in [6.07, 6.45) is 0. The average Bonchev–Trinajstić information content (AvgIpc) is 2.60. The number of amides is 2. The lowest BCUT2D eigenvalue weighted by Crippen LogP contribution is -2.24. The highest BCUT2D eigenvalue weighted by Gasteiger charge is 2.07. The second-order valence-corrected chi connectivity index (χ2v) is 5.97. The number of hydrogen-bond acceptors (Lipinski definition) is 3. The van der Waals surface area contributed by atoms with Crippen LogP contribution in [0.25, 0.3) is 0 Å². The van der Waals surface area contributed by atoms with Gasteiger partial charge >= 0.3 is 0 Å². The Kier molecular flexibility index (Phi) is 6.31. The molecule has 2 aromatic rings. The molecule has 2 amide bonds. The number of carbonyl (C=O) groups is 2. The summed E-state index contributed by atoms with van der Waals surface area (Å²) in [6, 6.07) is 10.4. The first-order chi connectivity index (χ1) is 11.5. The van der Waals surface area contributed by atoms with Gasteiger partial charge < -0.3 is 10.6 Å². The van der Waals surface area contributed by atoms with Gasteiger partial charge in [-0.1, -0.05) is 12.1 Å². The highest BCUT2D eigenvalue weighted by atomic mass is 32.2. The molecular formula is C17H16F2N2O2S.